The summed E-state index contributed by atoms with van der Waals surface area (Å²) in [5, 5.41) is 3.87. The minimum atomic E-state index is -0.292. The molecule has 7 nitrogen and oxygen atoms in total. The van der Waals surface area contributed by atoms with E-state index >= 15 is 0 Å². The standard InChI is InChI=1S/C24H28FN5O2/c1-16-5-3-6-19(23(16)25)28-24-18-11-22-21(12-20(18)26-15-27-24)31-14-17(32-22)13-30-8-4-7-29(2)9-10-30/h3,5-6,11-12,15,17H,4,7-10,13-14H2,1-2H3,(H,26,27,28)/t17-/m0/s1. The number of nitrogens with one attached hydrogen (secondary N) is 1. The van der Waals surface area contributed by atoms with E-state index in [1.807, 2.05) is 18.2 Å². The predicted octanol–water partition coefficient (Wildman–Crippen LogP) is 3.60. The second-order valence-corrected chi connectivity index (χ2v) is 8.61. The lowest BCUT2D eigenvalue weighted by Gasteiger charge is -2.31. The third kappa shape index (κ3) is 4.33. The van der Waals surface area contributed by atoms with Crippen LogP contribution in [0.4, 0.5) is 15.9 Å². The number of rotatable bonds is 4. The molecule has 5 rings (SSSR count). The van der Waals surface area contributed by atoms with E-state index in [-0.39, 0.29) is 11.9 Å². The van der Waals surface area contributed by atoms with Crippen LogP contribution >= 0.6 is 0 Å². The maximum atomic E-state index is 14.5. The summed E-state index contributed by atoms with van der Waals surface area (Å²) in [6.07, 6.45) is 2.58. The summed E-state index contributed by atoms with van der Waals surface area (Å²) in [5.74, 6) is 1.59. The number of benzene rings is 2. The van der Waals surface area contributed by atoms with Gasteiger partial charge < -0.3 is 19.7 Å². The van der Waals surface area contributed by atoms with Crippen LogP contribution in [-0.2, 0) is 0 Å². The van der Waals surface area contributed by atoms with Gasteiger partial charge >= 0.3 is 0 Å². The van der Waals surface area contributed by atoms with Gasteiger partial charge in [-0.15, -0.1) is 0 Å². The van der Waals surface area contributed by atoms with Crippen LogP contribution in [0, 0.1) is 12.7 Å². The van der Waals surface area contributed by atoms with Crippen molar-refractivity contribution in [2.75, 3.05) is 51.7 Å². The van der Waals surface area contributed by atoms with Crippen molar-refractivity contribution >= 4 is 22.4 Å². The zero-order valence-corrected chi connectivity index (χ0v) is 18.5. The summed E-state index contributed by atoms with van der Waals surface area (Å²) < 4.78 is 26.9. The van der Waals surface area contributed by atoms with Crippen molar-refractivity contribution in [3.63, 3.8) is 0 Å². The monoisotopic (exact) mass is 437 g/mol. The van der Waals surface area contributed by atoms with Crippen LogP contribution in [0.3, 0.4) is 0 Å². The van der Waals surface area contributed by atoms with E-state index in [0.29, 0.717) is 40.7 Å². The lowest BCUT2D eigenvalue weighted by Crippen LogP contribution is -2.42. The minimum absolute atomic E-state index is 0.0430. The van der Waals surface area contributed by atoms with Crippen molar-refractivity contribution < 1.29 is 13.9 Å². The summed E-state index contributed by atoms with van der Waals surface area (Å²) in [7, 11) is 2.17. The van der Waals surface area contributed by atoms with Gasteiger partial charge in [-0.1, -0.05) is 12.1 Å². The second-order valence-electron chi connectivity index (χ2n) is 8.61. The number of ether oxygens (including phenoxy) is 2. The van der Waals surface area contributed by atoms with E-state index in [1.165, 1.54) is 6.33 Å². The Morgan fingerprint density at radius 3 is 2.94 bits per heavy atom. The van der Waals surface area contributed by atoms with E-state index < -0.39 is 0 Å². The molecule has 1 atom stereocenters. The van der Waals surface area contributed by atoms with Crippen molar-refractivity contribution in [3.05, 3.63) is 48.0 Å². The molecule has 3 aromatic rings. The third-order valence-electron chi connectivity index (χ3n) is 6.14. The van der Waals surface area contributed by atoms with Crippen molar-refractivity contribution in [2.24, 2.45) is 0 Å². The number of fused-ring (bicyclic) bond motifs is 2. The predicted molar refractivity (Wildman–Crippen MR) is 122 cm³/mol. The van der Waals surface area contributed by atoms with Gasteiger partial charge in [-0.3, -0.25) is 4.90 Å². The molecule has 0 amide bonds. The molecule has 3 heterocycles. The molecule has 32 heavy (non-hydrogen) atoms. The topological polar surface area (TPSA) is 62.8 Å². The average Bonchev–Trinajstić information content (AvgIpc) is 3.00. The highest BCUT2D eigenvalue weighted by Gasteiger charge is 2.25. The minimum Gasteiger partial charge on any atom is -0.486 e. The first-order valence-electron chi connectivity index (χ1n) is 11.1. The molecule has 1 fully saturated rings. The van der Waals surface area contributed by atoms with E-state index in [1.54, 1.807) is 19.1 Å². The van der Waals surface area contributed by atoms with Crippen LogP contribution in [0.15, 0.2) is 36.7 Å². The molecule has 0 spiro atoms. The molecule has 0 bridgehead atoms. The van der Waals surface area contributed by atoms with Crippen LogP contribution in [0.2, 0.25) is 0 Å². The summed E-state index contributed by atoms with van der Waals surface area (Å²) >= 11 is 0. The summed E-state index contributed by atoms with van der Waals surface area (Å²) in [6, 6.07) is 9.00. The van der Waals surface area contributed by atoms with Crippen LogP contribution in [0.5, 0.6) is 11.5 Å². The van der Waals surface area contributed by atoms with Gasteiger partial charge in [0.05, 0.1) is 11.2 Å². The van der Waals surface area contributed by atoms with Crippen LogP contribution in [-0.4, -0.2) is 72.3 Å². The molecule has 2 aromatic carbocycles. The first kappa shape index (κ1) is 20.9. The zero-order valence-electron chi connectivity index (χ0n) is 18.5. The number of likely N-dealkylation sites (N-methyl/N-ethyl adjacent to an activating group) is 1. The fraction of sp³-hybridized carbons (Fsp3) is 0.417. The third-order valence-corrected chi connectivity index (χ3v) is 6.14. The number of nitrogens with zero attached hydrogens (tertiary/aromatic N) is 4. The maximum absolute atomic E-state index is 14.5. The Kier molecular flexibility index (Phi) is 5.80. The van der Waals surface area contributed by atoms with Gasteiger partial charge in [0.2, 0.25) is 0 Å². The summed E-state index contributed by atoms with van der Waals surface area (Å²) in [5.41, 5.74) is 1.67. The Hall–Kier alpha value is -2.97. The molecule has 0 saturated carbocycles. The van der Waals surface area contributed by atoms with Crippen molar-refractivity contribution in [1.82, 2.24) is 19.8 Å². The van der Waals surface area contributed by atoms with Gasteiger partial charge in [0, 0.05) is 31.1 Å². The molecule has 1 N–H and O–H groups in total. The fourth-order valence-electron chi connectivity index (χ4n) is 4.30. The Balaban J connectivity index is 1.38. The summed E-state index contributed by atoms with van der Waals surface area (Å²) in [4.78, 5) is 13.5. The molecular weight excluding hydrogens is 409 g/mol. The van der Waals surface area contributed by atoms with Gasteiger partial charge in [0.25, 0.3) is 0 Å². The molecule has 1 saturated heterocycles. The highest BCUT2D eigenvalue weighted by Crippen LogP contribution is 2.38. The zero-order chi connectivity index (χ0) is 22.1. The quantitative estimate of drug-likeness (QED) is 0.669. The van der Waals surface area contributed by atoms with Gasteiger partial charge in [-0.2, -0.15) is 0 Å². The SMILES string of the molecule is Cc1cccc(Nc2ncnc3cc4c(cc23)O[C@@H](CN2CCCN(C)CC2)CO4)c1F. The summed E-state index contributed by atoms with van der Waals surface area (Å²) in [6.45, 7) is 7.37. The highest BCUT2D eigenvalue weighted by molar-refractivity contribution is 5.93. The fourth-order valence-corrected chi connectivity index (χ4v) is 4.30. The molecule has 0 unspecified atom stereocenters. The van der Waals surface area contributed by atoms with E-state index in [2.05, 4.69) is 32.1 Å². The first-order valence-corrected chi connectivity index (χ1v) is 11.1. The number of hydrogen-bond donors (Lipinski definition) is 1. The Morgan fingerprint density at radius 1 is 1.12 bits per heavy atom. The molecule has 0 aliphatic carbocycles. The van der Waals surface area contributed by atoms with E-state index in [9.17, 15) is 4.39 Å². The molecule has 2 aliphatic heterocycles. The number of aromatic nitrogens is 2. The Bertz CT molecular complexity index is 1120. The molecule has 168 valence electrons. The average molecular weight is 438 g/mol. The smallest absolute Gasteiger partial charge is 0.163 e. The van der Waals surface area contributed by atoms with Gasteiger partial charge in [0.1, 0.15) is 30.7 Å². The number of halogens is 1. The molecule has 8 heteroatoms. The van der Waals surface area contributed by atoms with Crippen LogP contribution < -0.4 is 14.8 Å². The molecule has 1 aromatic heterocycles. The van der Waals surface area contributed by atoms with Crippen molar-refractivity contribution in [3.8, 4) is 11.5 Å². The maximum Gasteiger partial charge on any atom is 0.163 e. The Morgan fingerprint density at radius 2 is 2.03 bits per heavy atom. The second kappa shape index (κ2) is 8.88. The molecular formula is C24H28FN5O2. The molecule has 2 aliphatic rings. The Labute approximate surface area is 187 Å². The van der Waals surface area contributed by atoms with E-state index in [0.717, 1.165) is 44.5 Å². The molecule has 0 radical (unpaired) electrons. The van der Waals surface area contributed by atoms with Gasteiger partial charge in [-0.25, -0.2) is 14.4 Å². The normalized spacial score (nSPS) is 19.7. The van der Waals surface area contributed by atoms with E-state index in [4.69, 9.17) is 9.47 Å². The van der Waals surface area contributed by atoms with Crippen LogP contribution in [0.1, 0.15) is 12.0 Å². The lowest BCUT2D eigenvalue weighted by atomic mass is 10.1. The number of hydrogen-bond acceptors (Lipinski definition) is 7. The van der Waals surface area contributed by atoms with Gasteiger partial charge in [-0.05, 0) is 51.2 Å². The van der Waals surface area contributed by atoms with Crippen molar-refractivity contribution in [2.45, 2.75) is 19.4 Å². The number of aryl methyl sites for hydroxylation is 1. The van der Waals surface area contributed by atoms with Crippen molar-refractivity contribution in [1.29, 1.82) is 0 Å². The highest BCUT2D eigenvalue weighted by atomic mass is 19.1. The lowest BCUT2D eigenvalue weighted by molar-refractivity contribution is 0.0601. The van der Waals surface area contributed by atoms with Gasteiger partial charge in [0.15, 0.2) is 11.5 Å². The first-order chi connectivity index (χ1) is 15.6. The number of anilines is 2. The van der Waals surface area contributed by atoms with Crippen LogP contribution in [0.25, 0.3) is 10.9 Å². The largest absolute Gasteiger partial charge is 0.486 e.